The van der Waals surface area contributed by atoms with Crippen LogP contribution in [0.5, 0.6) is 0 Å². The summed E-state index contributed by atoms with van der Waals surface area (Å²) < 4.78 is 1.48. The maximum atomic E-state index is 4.18. The molecule has 0 aliphatic heterocycles. The third-order valence-electron chi connectivity index (χ3n) is 1.79. The molecule has 0 radical (unpaired) electrons. The van der Waals surface area contributed by atoms with Gasteiger partial charge in [0.15, 0.2) is 5.65 Å². The molecule has 7 heteroatoms. The predicted octanol–water partition coefficient (Wildman–Crippen LogP) is -0.0664. The first-order chi connectivity index (χ1) is 6.93. The van der Waals surface area contributed by atoms with E-state index in [-0.39, 0.29) is 0 Å². The predicted molar refractivity (Wildman–Crippen MR) is 46.6 cm³/mol. The number of fused-ring (bicyclic) bond motifs is 1. The van der Waals surface area contributed by atoms with Gasteiger partial charge in [-0.15, -0.1) is 0 Å². The van der Waals surface area contributed by atoms with Gasteiger partial charge in [0, 0.05) is 0 Å². The topological polar surface area (TPSA) is 85.2 Å². The van der Waals surface area contributed by atoms with Gasteiger partial charge in [0.05, 0.1) is 12.5 Å². The Labute approximate surface area is 77.9 Å². The largest absolute Gasteiger partial charge is 0.342 e. The Morgan fingerprint density at radius 3 is 3.14 bits per heavy atom. The second-order valence-corrected chi connectivity index (χ2v) is 2.65. The van der Waals surface area contributed by atoms with Crippen LogP contribution < -0.4 is 0 Å². The second kappa shape index (κ2) is 2.59. The van der Waals surface area contributed by atoms with Crippen LogP contribution in [-0.2, 0) is 0 Å². The van der Waals surface area contributed by atoms with Crippen LogP contribution in [0.4, 0.5) is 0 Å². The van der Waals surface area contributed by atoms with Crippen LogP contribution in [0.1, 0.15) is 0 Å². The first kappa shape index (κ1) is 7.13. The number of aromatic amines is 1. The highest BCUT2D eigenvalue weighted by molar-refractivity contribution is 5.68. The molecule has 7 nitrogen and oxygen atoms in total. The fraction of sp³-hybridized carbons (Fsp3) is 0. The first-order valence-electron chi connectivity index (χ1n) is 3.94. The van der Waals surface area contributed by atoms with Crippen molar-refractivity contribution in [2.75, 3.05) is 0 Å². The smallest absolute Gasteiger partial charge is 0.254 e. The molecule has 3 aromatic rings. The minimum absolute atomic E-state index is 0.460. The van der Waals surface area contributed by atoms with Gasteiger partial charge < -0.3 is 4.98 Å². The Kier molecular flexibility index (Phi) is 1.32. The number of aromatic nitrogens is 7. The molecule has 68 valence electrons. The highest BCUT2D eigenvalue weighted by Crippen LogP contribution is 2.05. The average molecular weight is 187 g/mol. The van der Waals surface area contributed by atoms with Crippen LogP contribution >= 0.6 is 0 Å². The van der Waals surface area contributed by atoms with Gasteiger partial charge in [0.1, 0.15) is 18.2 Å². The van der Waals surface area contributed by atoms with Gasteiger partial charge in [-0.3, -0.25) is 0 Å². The van der Waals surface area contributed by atoms with Crippen LogP contribution in [0.3, 0.4) is 0 Å². The normalized spacial score (nSPS) is 10.9. The van der Waals surface area contributed by atoms with E-state index in [0.29, 0.717) is 11.6 Å². The van der Waals surface area contributed by atoms with Gasteiger partial charge in [0.25, 0.3) is 5.95 Å². The lowest BCUT2D eigenvalue weighted by atomic mass is 10.6. The molecule has 1 N–H and O–H groups in total. The number of H-pyrrole nitrogens is 1. The van der Waals surface area contributed by atoms with E-state index in [2.05, 4.69) is 30.0 Å². The Hall–Kier alpha value is -2.31. The SMILES string of the molecule is c1ncn(-c2ncc3[nH]cnc3n2)n1. The van der Waals surface area contributed by atoms with Crippen molar-refractivity contribution in [3.05, 3.63) is 25.2 Å². The van der Waals surface area contributed by atoms with Crippen LogP contribution in [-0.4, -0.2) is 34.7 Å². The second-order valence-electron chi connectivity index (χ2n) is 2.65. The summed E-state index contributed by atoms with van der Waals surface area (Å²) in [5, 5.41) is 3.92. The summed E-state index contributed by atoms with van der Waals surface area (Å²) in [7, 11) is 0. The fourth-order valence-electron chi connectivity index (χ4n) is 1.15. The average Bonchev–Trinajstić information content (AvgIpc) is 2.88. The number of nitrogens with zero attached hydrogens (tertiary/aromatic N) is 6. The van der Waals surface area contributed by atoms with E-state index in [1.807, 2.05) is 0 Å². The Balaban J connectivity index is 2.23. The summed E-state index contributed by atoms with van der Waals surface area (Å²) in [6.07, 6.45) is 6.20. The minimum atomic E-state index is 0.460. The van der Waals surface area contributed by atoms with Crippen molar-refractivity contribution in [1.29, 1.82) is 0 Å². The molecule has 0 bridgehead atoms. The summed E-state index contributed by atoms with van der Waals surface area (Å²) in [5.41, 5.74) is 1.42. The monoisotopic (exact) mass is 187 g/mol. The Morgan fingerprint density at radius 1 is 1.29 bits per heavy atom. The van der Waals surface area contributed by atoms with Gasteiger partial charge in [-0.1, -0.05) is 0 Å². The van der Waals surface area contributed by atoms with Gasteiger partial charge in [-0.25, -0.2) is 15.0 Å². The Morgan fingerprint density at radius 2 is 2.29 bits per heavy atom. The molecular formula is C7H5N7. The third-order valence-corrected chi connectivity index (χ3v) is 1.79. The van der Waals surface area contributed by atoms with E-state index in [0.717, 1.165) is 5.52 Å². The molecule has 0 saturated carbocycles. The molecule has 0 fully saturated rings. The summed E-state index contributed by atoms with van der Waals surface area (Å²) in [6, 6.07) is 0. The molecule has 14 heavy (non-hydrogen) atoms. The van der Waals surface area contributed by atoms with E-state index in [1.165, 1.54) is 17.3 Å². The summed E-state index contributed by atoms with van der Waals surface area (Å²) in [4.78, 5) is 19.0. The zero-order valence-corrected chi connectivity index (χ0v) is 6.99. The van der Waals surface area contributed by atoms with E-state index in [1.54, 1.807) is 12.5 Å². The van der Waals surface area contributed by atoms with Crippen molar-refractivity contribution in [2.24, 2.45) is 0 Å². The van der Waals surface area contributed by atoms with Crippen molar-refractivity contribution in [1.82, 2.24) is 34.7 Å². The van der Waals surface area contributed by atoms with Gasteiger partial charge in [-0.2, -0.15) is 14.8 Å². The molecule has 0 saturated heterocycles. The first-order valence-corrected chi connectivity index (χ1v) is 3.94. The molecular weight excluding hydrogens is 182 g/mol. The number of rotatable bonds is 1. The number of nitrogens with one attached hydrogen (secondary N) is 1. The molecule has 0 aromatic carbocycles. The molecule has 0 amide bonds. The lowest BCUT2D eigenvalue weighted by Crippen LogP contribution is -2.00. The third kappa shape index (κ3) is 0.954. The van der Waals surface area contributed by atoms with E-state index in [4.69, 9.17) is 0 Å². The van der Waals surface area contributed by atoms with E-state index >= 15 is 0 Å². The Bertz CT molecular complexity index is 552. The highest BCUT2D eigenvalue weighted by Gasteiger charge is 2.03. The van der Waals surface area contributed by atoms with Crippen molar-refractivity contribution in [3.63, 3.8) is 0 Å². The summed E-state index contributed by atoms with van der Waals surface area (Å²) in [6.45, 7) is 0. The molecule has 3 aromatic heterocycles. The van der Waals surface area contributed by atoms with Crippen molar-refractivity contribution >= 4 is 11.2 Å². The van der Waals surface area contributed by atoms with E-state index < -0.39 is 0 Å². The van der Waals surface area contributed by atoms with Gasteiger partial charge in [0.2, 0.25) is 0 Å². The van der Waals surface area contributed by atoms with Crippen molar-refractivity contribution in [2.45, 2.75) is 0 Å². The lowest BCUT2D eigenvalue weighted by molar-refractivity contribution is 0.812. The zero-order valence-electron chi connectivity index (χ0n) is 6.99. The quantitative estimate of drug-likeness (QED) is 0.576. The molecule has 0 spiro atoms. The molecule has 0 atom stereocenters. The zero-order chi connectivity index (χ0) is 9.38. The maximum absolute atomic E-state index is 4.18. The lowest BCUT2D eigenvalue weighted by Gasteiger charge is -1.95. The van der Waals surface area contributed by atoms with Crippen LogP contribution in [0.2, 0.25) is 0 Å². The van der Waals surface area contributed by atoms with Crippen LogP contribution in [0.15, 0.2) is 25.2 Å². The highest BCUT2D eigenvalue weighted by atomic mass is 15.4. The van der Waals surface area contributed by atoms with Crippen LogP contribution in [0.25, 0.3) is 17.1 Å². The van der Waals surface area contributed by atoms with Crippen LogP contribution in [0, 0.1) is 0 Å². The summed E-state index contributed by atoms with van der Waals surface area (Å²) in [5.74, 6) is 0.460. The van der Waals surface area contributed by atoms with Gasteiger partial charge in [-0.05, 0) is 0 Å². The standard InChI is InChI=1S/C7H5N7/c1-5-6(11-3-10-5)13-7(9-1)14-4-8-2-12-14/h1-4H,(H,9,10,11,13). The molecule has 3 rings (SSSR count). The summed E-state index contributed by atoms with van der Waals surface area (Å²) >= 11 is 0. The molecule has 0 unspecified atom stereocenters. The van der Waals surface area contributed by atoms with Gasteiger partial charge >= 0.3 is 0 Å². The molecule has 3 heterocycles. The number of hydrogen-bond acceptors (Lipinski definition) is 5. The van der Waals surface area contributed by atoms with Crippen molar-refractivity contribution < 1.29 is 0 Å². The number of hydrogen-bond donors (Lipinski definition) is 1. The minimum Gasteiger partial charge on any atom is -0.342 e. The maximum Gasteiger partial charge on any atom is 0.254 e. The fourth-order valence-corrected chi connectivity index (χ4v) is 1.15. The van der Waals surface area contributed by atoms with E-state index in [9.17, 15) is 0 Å². The molecule has 0 aliphatic carbocycles. The van der Waals surface area contributed by atoms with Crippen molar-refractivity contribution in [3.8, 4) is 5.95 Å². The number of imidazole rings is 1. The molecule has 0 aliphatic rings.